The average molecular weight is 386 g/mol. The predicted octanol–water partition coefficient (Wildman–Crippen LogP) is 3.51. The zero-order chi connectivity index (χ0) is 19.3. The lowest BCUT2D eigenvalue weighted by molar-refractivity contribution is -0.132. The third-order valence-corrected chi connectivity index (χ3v) is 5.76. The zero-order valence-corrected chi connectivity index (χ0v) is 16.4. The lowest BCUT2D eigenvalue weighted by atomic mass is 10.1. The van der Waals surface area contributed by atoms with Gasteiger partial charge >= 0.3 is 0 Å². The van der Waals surface area contributed by atoms with E-state index in [2.05, 4.69) is 5.32 Å². The zero-order valence-electron chi connectivity index (χ0n) is 16.4. The Morgan fingerprint density at radius 3 is 2.32 bits per heavy atom. The number of benzene rings is 1. The van der Waals surface area contributed by atoms with Crippen LogP contribution in [0.2, 0.25) is 0 Å². The van der Waals surface area contributed by atoms with Crippen LogP contribution in [-0.2, 0) is 19.1 Å². The van der Waals surface area contributed by atoms with Gasteiger partial charge in [-0.1, -0.05) is 6.07 Å². The number of rotatable bonds is 6. The molecular weight excluding hydrogens is 356 g/mol. The molecule has 2 aliphatic heterocycles. The maximum atomic E-state index is 13.1. The van der Waals surface area contributed by atoms with Gasteiger partial charge in [-0.2, -0.15) is 0 Å². The van der Waals surface area contributed by atoms with Crippen molar-refractivity contribution in [2.45, 2.75) is 63.6 Å². The lowest BCUT2D eigenvalue weighted by Crippen LogP contribution is -2.43. The smallest absolute Gasteiger partial charge is 0.256 e. The molecule has 0 spiro atoms. The Morgan fingerprint density at radius 2 is 1.68 bits per heavy atom. The first-order valence-electron chi connectivity index (χ1n) is 10.7. The van der Waals surface area contributed by atoms with Gasteiger partial charge in [0.25, 0.3) is 11.8 Å². The van der Waals surface area contributed by atoms with Crippen LogP contribution in [0, 0.1) is 5.92 Å². The fourth-order valence-corrected chi connectivity index (χ4v) is 3.91. The number of nitrogens with zero attached hydrogens (tertiary/aromatic N) is 1. The molecule has 2 unspecified atom stereocenters. The van der Waals surface area contributed by atoms with Crippen LogP contribution >= 0.6 is 0 Å². The molecule has 3 fully saturated rings. The van der Waals surface area contributed by atoms with Crippen molar-refractivity contribution < 1.29 is 19.1 Å². The molecule has 6 nitrogen and oxygen atoms in total. The topological polar surface area (TPSA) is 67.9 Å². The van der Waals surface area contributed by atoms with Crippen LogP contribution in [-0.4, -0.2) is 43.8 Å². The van der Waals surface area contributed by atoms with Crippen LogP contribution in [0.5, 0.6) is 0 Å². The van der Waals surface area contributed by atoms with Crippen molar-refractivity contribution >= 4 is 23.2 Å². The van der Waals surface area contributed by atoms with Crippen molar-refractivity contribution in [3.63, 3.8) is 0 Å². The minimum atomic E-state index is -0.378. The molecule has 1 N–H and O–H groups in total. The molecule has 2 saturated heterocycles. The van der Waals surface area contributed by atoms with E-state index in [0.29, 0.717) is 24.8 Å². The molecule has 2 atom stereocenters. The highest BCUT2D eigenvalue weighted by atomic mass is 16.5. The van der Waals surface area contributed by atoms with E-state index in [9.17, 15) is 9.59 Å². The second-order valence-corrected chi connectivity index (χ2v) is 8.14. The van der Waals surface area contributed by atoms with E-state index in [1.807, 2.05) is 29.2 Å². The molecule has 0 aromatic heterocycles. The second kappa shape index (κ2) is 9.05. The van der Waals surface area contributed by atoms with Crippen molar-refractivity contribution in [2.75, 3.05) is 30.0 Å². The summed E-state index contributed by atoms with van der Waals surface area (Å²) >= 11 is 0. The summed E-state index contributed by atoms with van der Waals surface area (Å²) in [4.78, 5) is 27.5. The molecule has 0 bridgehead atoms. The molecule has 1 aromatic carbocycles. The maximum Gasteiger partial charge on any atom is 0.256 e. The summed E-state index contributed by atoms with van der Waals surface area (Å²) in [5.41, 5.74) is 1.53. The highest BCUT2D eigenvalue weighted by molar-refractivity contribution is 5.98. The first kappa shape index (κ1) is 19.4. The van der Waals surface area contributed by atoms with Crippen molar-refractivity contribution in [3.8, 4) is 0 Å². The third kappa shape index (κ3) is 4.92. The monoisotopic (exact) mass is 386 g/mol. The van der Waals surface area contributed by atoms with E-state index in [4.69, 9.17) is 9.47 Å². The number of carbonyl (C=O) groups excluding carboxylic acids is 2. The van der Waals surface area contributed by atoms with E-state index in [-0.39, 0.29) is 24.0 Å². The highest BCUT2D eigenvalue weighted by Crippen LogP contribution is 2.33. The Hall–Kier alpha value is -1.92. The van der Waals surface area contributed by atoms with Gasteiger partial charge in [-0.25, -0.2) is 0 Å². The van der Waals surface area contributed by atoms with Crippen LogP contribution in [0.1, 0.15) is 51.4 Å². The van der Waals surface area contributed by atoms with Crippen LogP contribution in [0.25, 0.3) is 0 Å². The van der Waals surface area contributed by atoms with E-state index in [1.54, 1.807) is 0 Å². The summed E-state index contributed by atoms with van der Waals surface area (Å²) in [6.07, 6.45) is 7.26. The fraction of sp³-hybridized carbons (Fsp3) is 0.636. The van der Waals surface area contributed by atoms with Gasteiger partial charge in [-0.05, 0) is 75.5 Å². The lowest BCUT2D eigenvalue weighted by Gasteiger charge is -2.30. The van der Waals surface area contributed by atoms with Gasteiger partial charge in [0, 0.05) is 31.1 Å². The summed E-state index contributed by atoms with van der Waals surface area (Å²) in [6, 6.07) is 7.59. The van der Waals surface area contributed by atoms with E-state index >= 15 is 0 Å². The summed E-state index contributed by atoms with van der Waals surface area (Å²) in [5.74, 6) is 0.514. The molecule has 1 aromatic rings. The molecule has 4 rings (SSSR count). The second-order valence-electron chi connectivity index (χ2n) is 8.14. The van der Waals surface area contributed by atoms with E-state index in [0.717, 1.165) is 50.8 Å². The first-order chi connectivity index (χ1) is 13.7. The standard InChI is InChI=1S/C22H30N2O4/c25-21(19-8-1-3-12-27-19)23-17-6-5-7-18(14-17)24(15-16-10-11-16)22(26)20-9-2-4-13-28-20/h5-7,14,16,19-20H,1-4,8-13,15H2,(H,23,25). The minimum absolute atomic E-state index is 0.0469. The minimum Gasteiger partial charge on any atom is -0.368 e. The average Bonchev–Trinajstić information content (AvgIpc) is 3.57. The van der Waals surface area contributed by atoms with Gasteiger partial charge in [0.15, 0.2) is 0 Å². The molecule has 28 heavy (non-hydrogen) atoms. The van der Waals surface area contributed by atoms with Gasteiger partial charge in [0.05, 0.1) is 0 Å². The van der Waals surface area contributed by atoms with Gasteiger partial charge < -0.3 is 19.7 Å². The molecule has 1 saturated carbocycles. The van der Waals surface area contributed by atoms with Crippen molar-refractivity contribution in [1.29, 1.82) is 0 Å². The van der Waals surface area contributed by atoms with E-state index in [1.165, 1.54) is 12.8 Å². The Balaban J connectivity index is 1.47. The number of nitrogens with one attached hydrogen (secondary N) is 1. The SMILES string of the molecule is O=C(Nc1cccc(N(CC2CC2)C(=O)C2CCCCO2)c1)C1CCCCO1. The molecule has 6 heteroatoms. The van der Waals surface area contributed by atoms with Gasteiger partial charge in [-0.3, -0.25) is 9.59 Å². The third-order valence-electron chi connectivity index (χ3n) is 5.76. The van der Waals surface area contributed by atoms with Crippen LogP contribution in [0.4, 0.5) is 11.4 Å². The molecule has 3 aliphatic rings. The summed E-state index contributed by atoms with van der Waals surface area (Å²) in [5, 5.41) is 2.96. The van der Waals surface area contributed by atoms with Gasteiger partial charge in [-0.15, -0.1) is 0 Å². The van der Waals surface area contributed by atoms with Crippen molar-refractivity contribution in [3.05, 3.63) is 24.3 Å². The number of ether oxygens (including phenoxy) is 2. The largest absolute Gasteiger partial charge is 0.368 e. The van der Waals surface area contributed by atoms with Crippen LogP contribution < -0.4 is 10.2 Å². The molecule has 2 amide bonds. The summed E-state index contributed by atoms with van der Waals surface area (Å²) in [6.45, 7) is 2.02. The Kier molecular flexibility index (Phi) is 6.27. The molecule has 1 aliphatic carbocycles. The highest BCUT2D eigenvalue weighted by Gasteiger charge is 2.33. The molecular formula is C22H30N2O4. The maximum absolute atomic E-state index is 13.1. The van der Waals surface area contributed by atoms with Crippen molar-refractivity contribution in [1.82, 2.24) is 0 Å². The summed E-state index contributed by atoms with van der Waals surface area (Å²) in [7, 11) is 0. The van der Waals surface area contributed by atoms with Gasteiger partial charge in [0.1, 0.15) is 12.2 Å². The Labute approximate surface area is 166 Å². The Morgan fingerprint density at radius 1 is 0.964 bits per heavy atom. The van der Waals surface area contributed by atoms with E-state index < -0.39 is 0 Å². The van der Waals surface area contributed by atoms with Crippen LogP contribution in [0.15, 0.2) is 24.3 Å². The number of carbonyl (C=O) groups is 2. The quantitative estimate of drug-likeness (QED) is 0.812. The number of hydrogen-bond donors (Lipinski definition) is 1. The van der Waals surface area contributed by atoms with Gasteiger partial charge in [0.2, 0.25) is 0 Å². The molecule has 2 heterocycles. The molecule has 0 radical (unpaired) electrons. The predicted molar refractivity (Wildman–Crippen MR) is 107 cm³/mol. The Bertz CT molecular complexity index is 692. The summed E-state index contributed by atoms with van der Waals surface area (Å²) < 4.78 is 11.3. The number of anilines is 2. The first-order valence-corrected chi connectivity index (χ1v) is 10.7. The normalized spacial score (nSPS) is 25.1. The van der Waals surface area contributed by atoms with Crippen molar-refractivity contribution in [2.24, 2.45) is 5.92 Å². The number of hydrogen-bond acceptors (Lipinski definition) is 4. The number of amides is 2. The fourth-order valence-electron chi connectivity index (χ4n) is 3.91. The molecule has 152 valence electrons. The van der Waals surface area contributed by atoms with Crippen LogP contribution in [0.3, 0.4) is 0 Å².